The van der Waals surface area contributed by atoms with E-state index < -0.39 is 0 Å². The maximum atomic E-state index is 5.75. The zero-order chi connectivity index (χ0) is 15.2. The van der Waals surface area contributed by atoms with Crippen LogP contribution >= 0.6 is 0 Å². The number of hydrogen-bond acceptors (Lipinski definition) is 7. The van der Waals surface area contributed by atoms with Gasteiger partial charge >= 0.3 is 6.01 Å². The van der Waals surface area contributed by atoms with Gasteiger partial charge in [-0.3, -0.25) is 5.43 Å². The summed E-state index contributed by atoms with van der Waals surface area (Å²) >= 11 is 0. The number of hydrogen-bond donors (Lipinski definition) is 2. The molecule has 7 heteroatoms. The molecule has 0 atom stereocenters. The van der Waals surface area contributed by atoms with Crippen molar-refractivity contribution in [3.05, 3.63) is 29.8 Å². The van der Waals surface area contributed by atoms with Gasteiger partial charge in [-0.1, -0.05) is 18.2 Å². The Hall–Kier alpha value is -2.41. The molecule has 2 aromatic rings. The number of hydrazine groups is 1. The molecule has 0 aliphatic rings. The number of anilines is 2. The smallest absolute Gasteiger partial charge is 0.328 e. The highest BCUT2D eigenvalue weighted by molar-refractivity contribution is 5.39. The van der Waals surface area contributed by atoms with E-state index in [1.54, 1.807) is 0 Å². The molecule has 1 heterocycles. The lowest BCUT2D eigenvalue weighted by molar-refractivity contribution is 0.437. The van der Waals surface area contributed by atoms with Crippen molar-refractivity contribution in [3.8, 4) is 11.8 Å². The maximum absolute atomic E-state index is 5.75. The van der Waals surface area contributed by atoms with E-state index in [1.165, 1.54) is 0 Å². The molecule has 1 aromatic carbocycles. The van der Waals surface area contributed by atoms with Gasteiger partial charge in [0.25, 0.3) is 0 Å². The minimum absolute atomic E-state index is 0.217. The second-order valence-corrected chi connectivity index (χ2v) is 4.43. The van der Waals surface area contributed by atoms with Gasteiger partial charge in [0.2, 0.25) is 11.9 Å². The molecule has 0 spiro atoms. The fourth-order valence-corrected chi connectivity index (χ4v) is 1.87. The molecule has 0 saturated carbocycles. The van der Waals surface area contributed by atoms with Crippen molar-refractivity contribution < 1.29 is 4.74 Å². The highest BCUT2D eigenvalue weighted by atomic mass is 16.5. The first-order chi connectivity index (χ1) is 10.2. The Kier molecular flexibility index (Phi) is 4.89. The third-order valence-electron chi connectivity index (χ3n) is 3.07. The molecule has 0 fully saturated rings. The molecule has 0 saturated heterocycles. The van der Waals surface area contributed by atoms with Gasteiger partial charge in [0.05, 0.1) is 0 Å². The Morgan fingerprint density at radius 3 is 2.48 bits per heavy atom. The molecule has 7 nitrogen and oxygen atoms in total. The molecule has 3 N–H and O–H groups in total. The van der Waals surface area contributed by atoms with Crippen LogP contribution in [-0.4, -0.2) is 28.0 Å². The van der Waals surface area contributed by atoms with Crippen LogP contribution in [0.3, 0.4) is 0 Å². The number of nitrogens with one attached hydrogen (secondary N) is 1. The summed E-state index contributed by atoms with van der Waals surface area (Å²) in [5.74, 6) is 6.93. The minimum Gasteiger partial charge on any atom is -0.424 e. The van der Waals surface area contributed by atoms with Crippen LogP contribution in [0.1, 0.15) is 19.4 Å². The summed E-state index contributed by atoms with van der Waals surface area (Å²) in [6.45, 7) is 7.60. The fraction of sp³-hybridized carbons (Fsp3) is 0.357. The number of aryl methyl sites for hydroxylation is 1. The third-order valence-corrected chi connectivity index (χ3v) is 3.07. The summed E-state index contributed by atoms with van der Waals surface area (Å²) in [6, 6.07) is 7.89. The van der Waals surface area contributed by atoms with Crippen molar-refractivity contribution in [2.24, 2.45) is 5.84 Å². The van der Waals surface area contributed by atoms with E-state index in [1.807, 2.05) is 49.9 Å². The van der Waals surface area contributed by atoms with Crippen molar-refractivity contribution >= 4 is 11.9 Å². The minimum atomic E-state index is 0.217. The van der Waals surface area contributed by atoms with Crippen molar-refractivity contribution in [1.29, 1.82) is 0 Å². The summed E-state index contributed by atoms with van der Waals surface area (Å²) in [5, 5.41) is 0. The monoisotopic (exact) mass is 288 g/mol. The fourth-order valence-electron chi connectivity index (χ4n) is 1.87. The normalized spacial score (nSPS) is 10.3. The predicted molar refractivity (Wildman–Crippen MR) is 82.5 cm³/mol. The molecule has 2 rings (SSSR count). The Morgan fingerprint density at radius 1 is 1.14 bits per heavy atom. The molecule has 0 aliphatic heterocycles. The van der Waals surface area contributed by atoms with Crippen molar-refractivity contribution in [3.63, 3.8) is 0 Å². The van der Waals surface area contributed by atoms with Crippen molar-refractivity contribution in [2.45, 2.75) is 20.8 Å². The number of benzene rings is 1. The van der Waals surface area contributed by atoms with Crippen LogP contribution in [0.25, 0.3) is 0 Å². The van der Waals surface area contributed by atoms with Gasteiger partial charge in [0.1, 0.15) is 5.75 Å². The Bertz CT molecular complexity index is 600. The lowest BCUT2D eigenvalue weighted by Crippen LogP contribution is -2.25. The van der Waals surface area contributed by atoms with Gasteiger partial charge in [-0.25, -0.2) is 5.84 Å². The van der Waals surface area contributed by atoms with Gasteiger partial charge in [-0.15, -0.1) is 0 Å². The largest absolute Gasteiger partial charge is 0.424 e. The molecule has 0 unspecified atom stereocenters. The van der Waals surface area contributed by atoms with Crippen LogP contribution in [0, 0.1) is 6.92 Å². The number of aromatic nitrogens is 3. The van der Waals surface area contributed by atoms with Crippen LogP contribution in [0.4, 0.5) is 11.9 Å². The van der Waals surface area contributed by atoms with Crippen molar-refractivity contribution in [2.75, 3.05) is 23.4 Å². The van der Waals surface area contributed by atoms with Crippen LogP contribution < -0.4 is 20.9 Å². The van der Waals surface area contributed by atoms with E-state index in [2.05, 4.69) is 20.4 Å². The van der Waals surface area contributed by atoms with Gasteiger partial charge in [-0.2, -0.15) is 15.0 Å². The van der Waals surface area contributed by atoms with Crippen molar-refractivity contribution in [1.82, 2.24) is 15.0 Å². The quantitative estimate of drug-likeness (QED) is 0.621. The van der Waals surface area contributed by atoms with Gasteiger partial charge in [0.15, 0.2) is 0 Å². The molecular weight excluding hydrogens is 268 g/mol. The lowest BCUT2D eigenvalue weighted by Gasteiger charge is -2.19. The molecule has 0 amide bonds. The number of ether oxygens (including phenoxy) is 1. The van der Waals surface area contributed by atoms with Gasteiger partial charge < -0.3 is 9.64 Å². The first kappa shape index (κ1) is 15.0. The Balaban J connectivity index is 2.35. The average molecular weight is 288 g/mol. The Morgan fingerprint density at radius 2 is 1.86 bits per heavy atom. The van der Waals surface area contributed by atoms with Gasteiger partial charge in [-0.05, 0) is 32.4 Å². The van der Waals surface area contributed by atoms with Crippen LogP contribution in [-0.2, 0) is 0 Å². The number of nitrogens with zero attached hydrogens (tertiary/aromatic N) is 4. The summed E-state index contributed by atoms with van der Waals surface area (Å²) < 4.78 is 5.75. The predicted octanol–water partition coefficient (Wildman–Crippen LogP) is 2.10. The highest BCUT2D eigenvalue weighted by Gasteiger charge is 2.12. The molecule has 0 radical (unpaired) electrons. The summed E-state index contributed by atoms with van der Waals surface area (Å²) in [4.78, 5) is 14.7. The van der Waals surface area contributed by atoms with Gasteiger partial charge in [0, 0.05) is 13.1 Å². The third kappa shape index (κ3) is 3.57. The zero-order valence-electron chi connectivity index (χ0n) is 12.5. The van der Waals surface area contributed by atoms with E-state index in [0.29, 0.717) is 11.7 Å². The number of nitrogen functional groups attached to an aromatic ring is 1. The second-order valence-electron chi connectivity index (χ2n) is 4.43. The molecular formula is C14H20N6O. The van der Waals surface area contributed by atoms with E-state index in [0.717, 1.165) is 18.7 Å². The first-order valence-electron chi connectivity index (χ1n) is 6.89. The molecule has 112 valence electrons. The first-order valence-corrected chi connectivity index (χ1v) is 6.89. The second kappa shape index (κ2) is 6.85. The SMILES string of the molecule is CCN(CC)c1nc(NN)nc(Oc2ccccc2C)n1. The van der Waals surface area contributed by atoms with E-state index in [4.69, 9.17) is 10.6 Å². The van der Waals surface area contributed by atoms with Crippen LogP contribution in [0.5, 0.6) is 11.8 Å². The number of nitrogens with two attached hydrogens (primary N) is 1. The van der Waals surface area contributed by atoms with E-state index >= 15 is 0 Å². The van der Waals surface area contributed by atoms with E-state index in [-0.39, 0.29) is 12.0 Å². The summed E-state index contributed by atoms with van der Waals surface area (Å²) in [6.07, 6.45) is 0. The maximum Gasteiger partial charge on any atom is 0.328 e. The average Bonchev–Trinajstić information content (AvgIpc) is 2.50. The number of rotatable bonds is 6. The summed E-state index contributed by atoms with van der Waals surface area (Å²) in [7, 11) is 0. The topological polar surface area (TPSA) is 89.2 Å². The molecule has 1 aromatic heterocycles. The lowest BCUT2D eigenvalue weighted by atomic mass is 10.2. The zero-order valence-corrected chi connectivity index (χ0v) is 12.5. The van der Waals surface area contributed by atoms with Crippen LogP contribution in [0.2, 0.25) is 0 Å². The molecule has 0 bridgehead atoms. The Labute approximate surface area is 124 Å². The standard InChI is InChI=1S/C14H20N6O/c1-4-20(5-2)13-16-12(19-15)17-14(18-13)21-11-9-7-6-8-10(11)3/h6-9H,4-5,15H2,1-3H3,(H,16,17,18,19). The van der Waals surface area contributed by atoms with E-state index in [9.17, 15) is 0 Å². The highest BCUT2D eigenvalue weighted by Crippen LogP contribution is 2.23. The summed E-state index contributed by atoms with van der Waals surface area (Å²) in [5.41, 5.74) is 3.45. The molecule has 0 aliphatic carbocycles. The molecule has 21 heavy (non-hydrogen) atoms. The number of para-hydroxylation sites is 1. The van der Waals surface area contributed by atoms with Crippen LogP contribution in [0.15, 0.2) is 24.3 Å².